The predicted molar refractivity (Wildman–Crippen MR) is 75.7 cm³/mol. The van der Waals surface area contributed by atoms with Gasteiger partial charge in [0.2, 0.25) is 0 Å². The topological polar surface area (TPSA) is 35.5 Å². The first-order chi connectivity index (χ1) is 8.72. The molecule has 2 rings (SSSR count). The summed E-state index contributed by atoms with van der Waals surface area (Å²) in [7, 11) is 0. The number of β-amino-alcohol motifs (C(OH)–C–C–N with tert-alkyl or cyclic N) is 1. The maximum atomic E-state index is 9.64. The first-order valence-corrected chi connectivity index (χ1v) is 7.86. The van der Waals surface area contributed by atoms with Crippen LogP contribution in [0.1, 0.15) is 46.0 Å². The van der Waals surface area contributed by atoms with Gasteiger partial charge >= 0.3 is 0 Å². The molecule has 0 aromatic heterocycles. The van der Waals surface area contributed by atoms with Crippen LogP contribution in [0.15, 0.2) is 0 Å². The van der Waals surface area contributed by atoms with Gasteiger partial charge in [0.25, 0.3) is 0 Å². The number of aliphatic hydroxyl groups is 1. The molecular weight excluding hydrogens is 224 g/mol. The fourth-order valence-electron chi connectivity index (χ4n) is 3.77. The second-order valence-corrected chi connectivity index (χ2v) is 6.21. The minimum Gasteiger partial charge on any atom is -0.392 e. The summed E-state index contributed by atoms with van der Waals surface area (Å²) in [5.74, 6) is 1.71. The maximum Gasteiger partial charge on any atom is 0.0679 e. The minimum atomic E-state index is -0.0758. The van der Waals surface area contributed by atoms with Crippen molar-refractivity contribution < 1.29 is 5.11 Å². The molecule has 2 fully saturated rings. The van der Waals surface area contributed by atoms with Gasteiger partial charge in [0.1, 0.15) is 0 Å². The molecule has 0 spiro atoms. The highest BCUT2D eigenvalue weighted by atomic mass is 16.3. The van der Waals surface area contributed by atoms with E-state index in [0.29, 0.717) is 6.04 Å². The van der Waals surface area contributed by atoms with Gasteiger partial charge in [-0.2, -0.15) is 0 Å². The van der Waals surface area contributed by atoms with Crippen LogP contribution in [-0.2, 0) is 0 Å². The lowest BCUT2D eigenvalue weighted by atomic mass is 9.76. The molecule has 0 bridgehead atoms. The van der Waals surface area contributed by atoms with Crippen LogP contribution in [0.25, 0.3) is 0 Å². The molecule has 1 saturated carbocycles. The van der Waals surface area contributed by atoms with Crippen molar-refractivity contribution in [3.05, 3.63) is 0 Å². The molecule has 0 aromatic rings. The molecule has 106 valence electrons. The lowest BCUT2D eigenvalue weighted by molar-refractivity contribution is 0.134. The Hall–Kier alpha value is -0.120. The third kappa shape index (κ3) is 3.69. The first-order valence-electron chi connectivity index (χ1n) is 7.86. The van der Waals surface area contributed by atoms with E-state index < -0.39 is 0 Å². The van der Waals surface area contributed by atoms with E-state index in [9.17, 15) is 5.11 Å². The van der Waals surface area contributed by atoms with Crippen LogP contribution in [0.4, 0.5) is 0 Å². The molecule has 0 aromatic carbocycles. The summed E-state index contributed by atoms with van der Waals surface area (Å²) in [5.41, 5.74) is 0. The van der Waals surface area contributed by atoms with E-state index in [2.05, 4.69) is 24.1 Å². The zero-order valence-electron chi connectivity index (χ0n) is 12.1. The van der Waals surface area contributed by atoms with Gasteiger partial charge in [-0.15, -0.1) is 0 Å². The highest BCUT2D eigenvalue weighted by Gasteiger charge is 2.32. The SMILES string of the molecule is CCNC1CCC(CC)CC1CN1CCC(O)C1. The van der Waals surface area contributed by atoms with E-state index in [4.69, 9.17) is 0 Å². The molecule has 3 nitrogen and oxygen atoms in total. The fraction of sp³-hybridized carbons (Fsp3) is 1.00. The van der Waals surface area contributed by atoms with E-state index in [0.717, 1.165) is 37.9 Å². The van der Waals surface area contributed by atoms with E-state index >= 15 is 0 Å². The van der Waals surface area contributed by atoms with Gasteiger partial charge in [-0.1, -0.05) is 20.3 Å². The predicted octanol–water partition coefficient (Wildman–Crippen LogP) is 1.86. The summed E-state index contributed by atoms with van der Waals surface area (Å²) in [5, 5.41) is 13.3. The molecule has 0 amide bonds. The van der Waals surface area contributed by atoms with Crippen LogP contribution in [-0.4, -0.2) is 48.3 Å². The highest BCUT2D eigenvalue weighted by molar-refractivity contribution is 4.88. The molecule has 3 heteroatoms. The molecule has 1 aliphatic carbocycles. The molecule has 4 unspecified atom stereocenters. The second kappa shape index (κ2) is 6.88. The molecular formula is C15H30N2O. The van der Waals surface area contributed by atoms with E-state index in [1.54, 1.807) is 0 Å². The third-order valence-corrected chi connectivity index (χ3v) is 4.87. The number of likely N-dealkylation sites (tertiary alicyclic amines) is 1. The van der Waals surface area contributed by atoms with E-state index in [1.807, 2.05) is 0 Å². The van der Waals surface area contributed by atoms with Gasteiger partial charge in [-0.3, -0.25) is 0 Å². The largest absolute Gasteiger partial charge is 0.392 e. The van der Waals surface area contributed by atoms with Crippen molar-refractivity contribution in [3.8, 4) is 0 Å². The van der Waals surface area contributed by atoms with Crippen LogP contribution in [0.3, 0.4) is 0 Å². The monoisotopic (exact) mass is 254 g/mol. The van der Waals surface area contributed by atoms with Crippen LogP contribution in [0.2, 0.25) is 0 Å². The zero-order valence-corrected chi connectivity index (χ0v) is 12.1. The van der Waals surface area contributed by atoms with Gasteiger partial charge in [-0.25, -0.2) is 0 Å². The molecule has 18 heavy (non-hydrogen) atoms. The lowest BCUT2D eigenvalue weighted by Crippen LogP contribution is -2.45. The summed E-state index contributed by atoms with van der Waals surface area (Å²) in [6.07, 6.45) is 6.34. The average molecular weight is 254 g/mol. The number of hydrogen-bond donors (Lipinski definition) is 2. The van der Waals surface area contributed by atoms with E-state index in [1.165, 1.54) is 32.2 Å². The minimum absolute atomic E-state index is 0.0758. The second-order valence-electron chi connectivity index (χ2n) is 6.21. The highest BCUT2D eigenvalue weighted by Crippen LogP contribution is 2.32. The Morgan fingerprint density at radius 2 is 2.06 bits per heavy atom. The standard InChI is InChI=1S/C15H30N2O/c1-3-12-5-6-15(16-4-2)13(9-12)10-17-8-7-14(18)11-17/h12-16,18H,3-11H2,1-2H3. The van der Waals surface area contributed by atoms with Crippen LogP contribution < -0.4 is 5.32 Å². The Labute approximate surface area is 112 Å². The smallest absolute Gasteiger partial charge is 0.0679 e. The summed E-state index contributed by atoms with van der Waals surface area (Å²) in [6, 6.07) is 0.704. The molecule has 2 N–H and O–H groups in total. The quantitative estimate of drug-likeness (QED) is 0.786. The number of nitrogens with one attached hydrogen (secondary N) is 1. The van der Waals surface area contributed by atoms with Crippen molar-refractivity contribution in [3.63, 3.8) is 0 Å². The van der Waals surface area contributed by atoms with Crippen LogP contribution in [0.5, 0.6) is 0 Å². The summed E-state index contributed by atoms with van der Waals surface area (Å²) < 4.78 is 0. The molecule has 4 atom stereocenters. The van der Waals surface area contributed by atoms with Crippen molar-refractivity contribution in [1.82, 2.24) is 10.2 Å². The summed E-state index contributed by atoms with van der Waals surface area (Å²) in [4.78, 5) is 2.47. The van der Waals surface area contributed by atoms with Gasteiger partial charge < -0.3 is 15.3 Å². The van der Waals surface area contributed by atoms with Crippen molar-refractivity contribution >= 4 is 0 Å². The van der Waals surface area contributed by atoms with Gasteiger partial charge in [0.05, 0.1) is 6.10 Å². The number of rotatable bonds is 5. The molecule has 1 saturated heterocycles. The maximum absolute atomic E-state index is 9.64. The normalized spacial score (nSPS) is 38.2. The van der Waals surface area contributed by atoms with E-state index in [-0.39, 0.29) is 6.10 Å². The Kier molecular flexibility index (Phi) is 5.46. The van der Waals surface area contributed by atoms with Crippen molar-refractivity contribution in [2.75, 3.05) is 26.2 Å². The van der Waals surface area contributed by atoms with Crippen molar-refractivity contribution in [1.29, 1.82) is 0 Å². The Morgan fingerprint density at radius 1 is 1.22 bits per heavy atom. The van der Waals surface area contributed by atoms with Crippen LogP contribution >= 0.6 is 0 Å². The number of nitrogens with zero attached hydrogens (tertiary/aromatic N) is 1. The van der Waals surface area contributed by atoms with Gasteiger partial charge in [0.15, 0.2) is 0 Å². The van der Waals surface area contributed by atoms with Crippen LogP contribution in [0, 0.1) is 11.8 Å². The average Bonchev–Trinajstić information content (AvgIpc) is 2.77. The summed E-state index contributed by atoms with van der Waals surface area (Å²) >= 11 is 0. The molecule has 2 aliphatic rings. The zero-order chi connectivity index (χ0) is 13.0. The molecule has 1 heterocycles. The van der Waals surface area contributed by atoms with Gasteiger partial charge in [-0.05, 0) is 44.1 Å². The Bertz CT molecular complexity index is 247. The lowest BCUT2D eigenvalue weighted by Gasteiger charge is -2.38. The van der Waals surface area contributed by atoms with Gasteiger partial charge in [0, 0.05) is 25.7 Å². The molecule has 0 radical (unpaired) electrons. The summed E-state index contributed by atoms with van der Waals surface area (Å²) in [6.45, 7) is 8.79. The fourth-order valence-corrected chi connectivity index (χ4v) is 3.77. The first kappa shape index (κ1) is 14.3. The number of aliphatic hydroxyl groups excluding tert-OH is 1. The van der Waals surface area contributed by atoms with Crippen molar-refractivity contribution in [2.45, 2.75) is 58.1 Å². The van der Waals surface area contributed by atoms with Crippen molar-refractivity contribution in [2.24, 2.45) is 11.8 Å². The Morgan fingerprint density at radius 3 is 2.67 bits per heavy atom. The Balaban J connectivity index is 1.87. The number of hydrogen-bond acceptors (Lipinski definition) is 3. The molecule has 1 aliphatic heterocycles. The third-order valence-electron chi connectivity index (χ3n) is 4.87.